The Bertz CT molecular complexity index is 1330. The minimum atomic E-state index is -0.937. The lowest BCUT2D eigenvalue weighted by atomic mass is 9.98. The fourth-order valence-electron chi connectivity index (χ4n) is 3.94. The van der Waals surface area contributed by atoms with E-state index in [0.717, 1.165) is 39.0 Å². The van der Waals surface area contributed by atoms with Crippen molar-refractivity contribution in [2.24, 2.45) is 5.73 Å². The Morgan fingerprint density at radius 1 is 1.09 bits per heavy atom. The molecule has 3 aromatic carbocycles. The fraction of sp³-hybridized carbons (Fsp3) is 0.222. The van der Waals surface area contributed by atoms with Crippen molar-refractivity contribution in [2.45, 2.75) is 26.0 Å². The highest BCUT2D eigenvalue weighted by atomic mass is 16.5. The Morgan fingerprint density at radius 3 is 2.62 bits per heavy atom. The molecule has 4 aromatic rings. The van der Waals surface area contributed by atoms with Crippen molar-refractivity contribution in [3.05, 3.63) is 83.1 Å². The van der Waals surface area contributed by atoms with Gasteiger partial charge in [0.15, 0.2) is 0 Å². The van der Waals surface area contributed by atoms with E-state index in [1.165, 1.54) is 0 Å². The minimum Gasteiger partial charge on any atom is -0.497 e. The zero-order chi connectivity index (χ0) is 24.2. The SMILES string of the molecule is COc1ccc(CC(=O)O)c(OCc2c(C)oc3ccc(-c4cccc(C(N)CO)c4)cc23)c1. The van der Waals surface area contributed by atoms with Gasteiger partial charge in [-0.2, -0.15) is 0 Å². The third kappa shape index (κ3) is 4.90. The number of hydrogen-bond acceptors (Lipinski definition) is 6. The Hall–Kier alpha value is -3.81. The van der Waals surface area contributed by atoms with Crippen LogP contribution in [-0.2, 0) is 17.8 Å². The Kier molecular flexibility index (Phi) is 6.86. The van der Waals surface area contributed by atoms with Crippen molar-refractivity contribution in [1.29, 1.82) is 0 Å². The standard InChI is InChI=1S/C27H27NO6/c1-16-23(15-33-26-13-21(32-2)8-6-20(26)12-27(30)31)22-11-18(7-9-25(22)34-16)17-4-3-5-19(10-17)24(28)14-29/h3-11,13,24,29H,12,14-15,28H2,1-2H3,(H,30,31). The van der Waals surface area contributed by atoms with Crippen LogP contribution in [0.3, 0.4) is 0 Å². The minimum absolute atomic E-state index is 0.126. The van der Waals surface area contributed by atoms with Gasteiger partial charge < -0.3 is 29.8 Å². The average Bonchev–Trinajstić information content (AvgIpc) is 3.16. The van der Waals surface area contributed by atoms with E-state index < -0.39 is 12.0 Å². The molecule has 1 aromatic heterocycles. The van der Waals surface area contributed by atoms with Crippen molar-refractivity contribution in [1.82, 2.24) is 0 Å². The maximum Gasteiger partial charge on any atom is 0.307 e. The number of fused-ring (bicyclic) bond motifs is 1. The monoisotopic (exact) mass is 461 g/mol. The van der Waals surface area contributed by atoms with Crippen LogP contribution in [0.15, 0.2) is 65.1 Å². The molecule has 0 saturated carbocycles. The van der Waals surface area contributed by atoms with Crippen molar-refractivity contribution in [3.63, 3.8) is 0 Å². The molecule has 0 radical (unpaired) electrons. The third-order valence-corrected chi connectivity index (χ3v) is 5.83. The van der Waals surface area contributed by atoms with Crippen molar-refractivity contribution in [2.75, 3.05) is 13.7 Å². The number of methoxy groups -OCH3 is 1. The fourth-order valence-corrected chi connectivity index (χ4v) is 3.94. The quantitative estimate of drug-likeness (QED) is 0.333. The van der Waals surface area contributed by atoms with Crippen molar-refractivity contribution < 1.29 is 28.9 Å². The zero-order valence-corrected chi connectivity index (χ0v) is 19.1. The molecule has 0 aliphatic carbocycles. The van der Waals surface area contributed by atoms with Gasteiger partial charge in [0, 0.05) is 22.6 Å². The van der Waals surface area contributed by atoms with Gasteiger partial charge in [-0.1, -0.05) is 30.3 Å². The number of rotatable bonds is 9. The highest BCUT2D eigenvalue weighted by molar-refractivity contribution is 5.87. The lowest BCUT2D eigenvalue weighted by Gasteiger charge is -2.12. The Morgan fingerprint density at radius 2 is 1.88 bits per heavy atom. The zero-order valence-electron chi connectivity index (χ0n) is 19.1. The number of carboxylic acids is 1. The predicted molar refractivity (Wildman–Crippen MR) is 129 cm³/mol. The van der Waals surface area contributed by atoms with Crippen LogP contribution in [0.5, 0.6) is 11.5 Å². The summed E-state index contributed by atoms with van der Waals surface area (Å²) >= 11 is 0. The van der Waals surface area contributed by atoms with E-state index in [1.54, 1.807) is 25.3 Å². The number of aryl methyl sites for hydroxylation is 1. The Balaban J connectivity index is 1.67. The van der Waals surface area contributed by atoms with Crippen LogP contribution >= 0.6 is 0 Å². The second-order valence-corrected chi connectivity index (χ2v) is 8.10. The van der Waals surface area contributed by atoms with E-state index in [9.17, 15) is 15.0 Å². The number of carboxylic acid groups (broad SMARTS) is 1. The first-order valence-corrected chi connectivity index (χ1v) is 10.9. The van der Waals surface area contributed by atoms with E-state index in [1.807, 2.05) is 49.4 Å². The van der Waals surface area contributed by atoms with Gasteiger partial charge in [-0.25, -0.2) is 0 Å². The van der Waals surface area contributed by atoms with Gasteiger partial charge in [0.05, 0.1) is 26.2 Å². The van der Waals surface area contributed by atoms with Crippen LogP contribution in [0.1, 0.15) is 28.5 Å². The molecule has 0 amide bonds. The first-order chi connectivity index (χ1) is 16.4. The van der Waals surface area contributed by atoms with E-state index in [-0.39, 0.29) is 19.6 Å². The smallest absolute Gasteiger partial charge is 0.307 e. The molecular weight excluding hydrogens is 434 g/mol. The van der Waals surface area contributed by atoms with Crippen molar-refractivity contribution in [3.8, 4) is 22.6 Å². The average molecular weight is 462 g/mol. The summed E-state index contributed by atoms with van der Waals surface area (Å²) in [6.45, 7) is 1.96. The normalized spacial score (nSPS) is 12.0. The largest absolute Gasteiger partial charge is 0.497 e. The van der Waals surface area contributed by atoms with Gasteiger partial charge in [-0.15, -0.1) is 0 Å². The molecule has 1 unspecified atom stereocenters. The lowest BCUT2D eigenvalue weighted by Crippen LogP contribution is -2.14. The summed E-state index contributed by atoms with van der Waals surface area (Å²) in [5.41, 5.74) is 11.0. The summed E-state index contributed by atoms with van der Waals surface area (Å²) in [5.74, 6) is 0.831. The molecule has 0 aliphatic heterocycles. The number of aliphatic carboxylic acids is 1. The van der Waals surface area contributed by atoms with Crippen LogP contribution in [-0.4, -0.2) is 29.9 Å². The second-order valence-electron chi connectivity index (χ2n) is 8.10. The van der Waals surface area contributed by atoms with Gasteiger partial charge in [0.25, 0.3) is 0 Å². The highest BCUT2D eigenvalue weighted by Gasteiger charge is 2.16. The van der Waals surface area contributed by atoms with E-state index in [2.05, 4.69) is 0 Å². The molecule has 7 nitrogen and oxygen atoms in total. The molecule has 0 bridgehead atoms. The number of carbonyl (C=O) groups is 1. The number of hydrogen-bond donors (Lipinski definition) is 3. The van der Waals surface area contributed by atoms with Crippen LogP contribution in [0.4, 0.5) is 0 Å². The topological polar surface area (TPSA) is 115 Å². The Labute approximate surface area is 197 Å². The molecule has 4 N–H and O–H groups in total. The third-order valence-electron chi connectivity index (χ3n) is 5.83. The number of benzene rings is 3. The predicted octanol–water partition coefficient (Wildman–Crippen LogP) is 4.62. The summed E-state index contributed by atoms with van der Waals surface area (Å²) in [7, 11) is 1.55. The number of ether oxygens (including phenoxy) is 2. The van der Waals surface area contributed by atoms with Gasteiger partial charge >= 0.3 is 5.97 Å². The van der Waals surface area contributed by atoms with Crippen LogP contribution in [0.25, 0.3) is 22.1 Å². The second kappa shape index (κ2) is 9.99. The lowest BCUT2D eigenvalue weighted by molar-refractivity contribution is -0.136. The summed E-state index contributed by atoms with van der Waals surface area (Å²) < 4.78 is 17.3. The number of aliphatic hydroxyl groups excluding tert-OH is 1. The summed E-state index contributed by atoms with van der Waals surface area (Å²) in [4.78, 5) is 11.3. The molecular formula is C27H27NO6. The molecule has 4 rings (SSSR count). The number of aliphatic hydroxyl groups is 1. The van der Waals surface area contributed by atoms with E-state index in [0.29, 0.717) is 17.1 Å². The van der Waals surface area contributed by atoms with Crippen LogP contribution in [0, 0.1) is 6.92 Å². The van der Waals surface area contributed by atoms with Gasteiger partial charge in [-0.05, 0) is 47.9 Å². The van der Waals surface area contributed by atoms with E-state index >= 15 is 0 Å². The van der Waals surface area contributed by atoms with E-state index in [4.69, 9.17) is 19.6 Å². The van der Waals surface area contributed by atoms with Crippen LogP contribution < -0.4 is 15.2 Å². The molecule has 0 fully saturated rings. The summed E-state index contributed by atoms with van der Waals surface area (Å²) in [6, 6.07) is 18.4. The van der Waals surface area contributed by atoms with Gasteiger partial charge in [0.2, 0.25) is 0 Å². The van der Waals surface area contributed by atoms with Crippen LogP contribution in [0.2, 0.25) is 0 Å². The molecule has 0 saturated heterocycles. The summed E-state index contributed by atoms with van der Waals surface area (Å²) in [6.07, 6.45) is -0.152. The molecule has 34 heavy (non-hydrogen) atoms. The number of furan rings is 1. The molecule has 0 spiro atoms. The maximum absolute atomic E-state index is 11.3. The van der Waals surface area contributed by atoms with Gasteiger partial charge in [-0.3, -0.25) is 4.79 Å². The maximum atomic E-state index is 11.3. The summed E-state index contributed by atoms with van der Waals surface area (Å²) in [5, 5.41) is 19.5. The van der Waals surface area contributed by atoms with Crippen molar-refractivity contribution >= 4 is 16.9 Å². The molecule has 0 aliphatic rings. The molecule has 1 atom stereocenters. The highest BCUT2D eigenvalue weighted by Crippen LogP contribution is 2.33. The molecule has 176 valence electrons. The van der Waals surface area contributed by atoms with Gasteiger partial charge in [0.1, 0.15) is 29.4 Å². The first-order valence-electron chi connectivity index (χ1n) is 10.9. The molecule has 1 heterocycles. The first kappa shape index (κ1) is 23.4. The molecule has 7 heteroatoms. The number of nitrogens with two attached hydrogens (primary N) is 1.